The first kappa shape index (κ1) is 34.0. The summed E-state index contributed by atoms with van der Waals surface area (Å²) in [7, 11) is 0. The molecular weight excluding hydrogens is 694 g/mol. The van der Waals surface area contributed by atoms with Gasteiger partial charge >= 0.3 is 6.01 Å². The number of nitrogen functional groups attached to an aromatic ring is 1. The first-order valence-electron chi connectivity index (χ1n) is 18.2. The highest BCUT2D eigenvalue weighted by Gasteiger charge is 2.46. The lowest BCUT2D eigenvalue weighted by Crippen LogP contribution is -2.55. The number of piperazine rings is 1. The molecule has 11 nitrogen and oxygen atoms in total. The molecule has 0 spiro atoms. The zero-order chi connectivity index (χ0) is 35.9. The molecule has 5 aliphatic rings. The van der Waals surface area contributed by atoms with Crippen LogP contribution >= 0.6 is 11.3 Å². The predicted octanol–water partition coefficient (Wildman–Crippen LogP) is 5.30. The van der Waals surface area contributed by atoms with Gasteiger partial charge in [0.15, 0.2) is 11.6 Å². The number of hydrogen-bond acceptors (Lipinski definition) is 12. The van der Waals surface area contributed by atoms with Crippen molar-refractivity contribution in [2.24, 2.45) is 5.41 Å². The van der Waals surface area contributed by atoms with Crippen molar-refractivity contribution in [3.05, 3.63) is 34.5 Å². The van der Waals surface area contributed by atoms with Gasteiger partial charge in [-0.05, 0) is 63.1 Å². The number of rotatable bonds is 9. The number of benzene rings is 1. The van der Waals surface area contributed by atoms with Crippen molar-refractivity contribution in [2.45, 2.75) is 83.0 Å². The van der Waals surface area contributed by atoms with Crippen LogP contribution in [0.15, 0.2) is 6.20 Å². The highest BCUT2D eigenvalue weighted by Crippen LogP contribution is 2.50. The number of halogens is 3. The van der Waals surface area contributed by atoms with E-state index in [9.17, 15) is 14.8 Å². The van der Waals surface area contributed by atoms with Crippen molar-refractivity contribution in [3.63, 3.8) is 0 Å². The Morgan fingerprint density at radius 1 is 1.12 bits per heavy atom. The number of β-amino-alcohol motifs (C(OH)–C–C–N with tert-alkyl or cyclic N) is 1. The van der Waals surface area contributed by atoms with Crippen molar-refractivity contribution >= 4 is 43.1 Å². The highest BCUT2D eigenvalue weighted by atomic mass is 32.1. The summed E-state index contributed by atoms with van der Waals surface area (Å²) in [6, 6.07) is 2.29. The van der Waals surface area contributed by atoms with E-state index in [1.54, 1.807) is 6.92 Å². The Bertz CT molecular complexity index is 2110. The molecule has 4 fully saturated rings. The van der Waals surface area contributed by atoms with Gasteiger partial charge in [-0.25, -0.2) is 13.2 Å². The molecule has 3 unspecified atom stereocenters. The van der Waals surface area contributed by atoms with Crippen molar-refractivity contribution in [1.82, 2.24) is 24.8 Å². The van der Waals surface area contributed by atoms with E-state index in [0.29, 0.717) is 42.9 Å². The zero-order valence-corrected chi connectivity index (χ0v) is 29.8. The Kier molecular flexibility index (Phi) is 8.46. The van der Waals surface area contributed by atoms with Crippen LogP contribution in [0.1, 0.15) is 62.1 Å². The number of aliphatic hydroxyl groups excluding tert-OH is 1. The molecule has 15 heteroatoms. The molecule has 52 heavy (non-hydrogen) atoms. The van der Waals surface area contributed by atoms with Crippen LogP contribution in [-0.4, -0.2) is 100 Å². The van der Waals surface area contributed by atoms with Crippen LogP contribution in [0.25, 0.3) is 32.2 Å². The number of aromatic nitrogens is 3. The Morgan fingerprint density at radius 2 is 1.88 bits per heavy atom. The van der Waals surface area contributed by atoms with Crippen LogP contribution in [0.5, 0.6) is 6.01 Å². The maximum atomic E-state index is 17.5. The van der Waals surface area contributed by atoms with Gasteiger partial charge in [0.1, 0.15) is 28.6 Å². The van der Waals surface area contributed by atoms with E-state index in [1.165, 1.54) is 0 Å². The SMILES string of the molecule is C[C@@H](O)CN1CC2CCC(C1)N2c1nc(OCC2(CN3CCCC(F)C3)CC2)nc2c(F)c(-c3ncc(F)c4sc(N)c(C#N)c34)c3c(c12)COC3. The standard InChI is InChI=1S/C37H41F3N8O3S/c1-19(49)11-47-13-21-4-5-22(14-47)48(21)35-29-25-16-50-15-24(25)27(31-28-23(9-41)34(42)52-33(28)26(39)10-43-31)30(40)32(29)44-36(45-35)51-18-37(6-7-37)17-46-8-2-3-20(38)12-46/h10,19-22,49H,2-8,11-18,42H2,1H3/t19-,20?,21?,22?/m1/s1. The number of nitriles is 1. The molecule has 3 N–H and O–H groups in total. The third kappa shape index (κ3) is 5.74. The Labute approximate surface area is 303 Å². The van der Waals surface area contributed by atoms with Gasteiger partial charge in [-0.15, -0.1) is 11.3 Å². The Balaban J connectivity index is 1.18. The lowest BCUT2D eigenvalue weighted by molar-refractivity contribution is 0.0973. The third-order valence-corrected chi connectivity index (χ3v) is 12.6. The number of nitrogens with zero attached hydrogens (tertiary/aromatic N) is 7. The molecule has 3 aromatic heterocycles. The van der Waals surface area contributed by atoms with E-state index in [4.69, 9.17) is 25.2 Å². The molecule has 9 rings (SSSR count). The molecule has 4 atom stereocenters. The fourth-order valence-corrected chi connectivity index (χ4v) is 10.0. The van der Waals surface area contributed by atoms with Crippen molar-refractivity contribution < 1.29 is 27.8 Å². The molecule has 274 valence electrons. The van der Waals surface area contributed by atoms with E-state index in [-0.39, 0.29) is 74.1 Å². The fraction of sp³-hybridized carbons (Fsp3) is 0.568. The van der Waals surface area contributed by atoms with E-state index < -0.39 is 23.9 Å². The number of alkyl halides is 1. The van der Waals surface area contributed by atoms with Crippen LogP contribution in [0, 0.1) is 28.4 Å². The Hall–Kier alpha value is -3.81. The second-order valence-corrected chi connectivity index (χ2v) is 16.5. The summed E-state index contributed by atoms with van der Waals surface area (Å²) in [4.78, 5) is 20.9. The fourth-order valence-electron chi connectivity index (χ4n) is 9.10. The first-order valence-corrected chi connectivity index (χ1v) is 19.0. The molecule has 0 amide bonds. The lowest BCUT2D eigenvalue weighted by atomic mass is 9.93. The molecular formula is C37H41F3N8O3S. The number of piperidine rings is 1. The average Bonchev–Trinajstić information content (AvgIpc) is 3.40. The molecule has 4 aromatic rings. The summed E-state index contributed by atoms with van der Waals surface area (Å²) in [5.41, 5.74) is 7.60. The normalized spacial score (nSPS) is 24.8. The number of likely N-dealkylation sites (tertiary alicyclic amines) is 2. The number of anilines is 2. The topological polar surface area (TPSA) is 137 Å². The van der Waals surface area contributed by atoms with Crippen LogP contribution in [0.3, 0.4) is 0 Å². The molecule has 1 aliphatic carbocycles. The summed E-state index contributed by atoms with van der Waals surface area (Å²) in [5.74, 6) is -0.727. The van der Waals surface area contributed by atoms with Crippen LogP contribution in [-0.2, 0) is 18.0 Å². The number of nitrogens with two attached hydrogens (primary N) is 1. The maximum absolute atomic E-state index is 17.5. The van der Waals surface area contributed by atoms with Crippen LogP contribution < -0.4 is 15.4 Å². The van der Waals surface area contributed by atoms with Gasteiger partial charge in [-0.2, -0.15) is 15.2 Å². The molecule has 0 radical (unpaired) electrons. The minimum absolute atomic E-state index is 0.0483. The van der Waals surface area contributed by atoms with E-state index in [0.717, 1.165) is 81.4 Å². The minimum Gasteiger partial charge on any atom is -0.463 e. The van der Waals surface area contributed by atoms with Gasteiger partial charge in [0.25, 0.3) is 0 Å². The second kappa shape index (κ2) is 12.9. The summed E-state index contributed by atoms with van der Waals surface area (Å²) in [5, 5.41) is 21.0. The number of fused-ring (bicyclic) bond motifs is 6. The molecule has 2 bridgehead atoms. The number of thiophene rings is 1. The molecule has 1 aromatic carbocycles. The smallest absolute Gasteiger partial charge is 0.319 e. The van der Waals surface area contributed by atoms with E-state index >= 15 is 8.78 Å². The summed E-state index contributed by atoms with van der Waals surface area (Å²) >= 11 is 0.934. The van der Waals surface area contributed by atoms with Gasteiger partial charge < -0.3 is 25.2 Å². The van der Waals surface area contributed by atoms with Crippen molar-refractivity contribution in [2.75, 3.05) is 56.5 Å². The van der Waals surface area contributed by atoms with Gasteiger partial charge in [-0.1, -0.05) is 0 Å². The largest absolute Gasteiger partial charge is 0.463 e. The zero-order valence-electron chi connectivity index (χ0n) is 29.0. The number of ether oxygens (including phenoxy) is 2. The van der Waals surface area contributed by atoms with Crippen LogP contribution in [0.4, 0.5) is 24.0 Å². The maximum Gasteiger partial charge on any atom is 0.319 e. The second-order valence-electron chi connectivity index (χ2n) is 15.4. The molecule has 3 saturated heterocycles. The van der Waals surface area contributed by atoms with Crippen LogP contribution in [0.2, 0.25) is 0 Å². The molecule has 4 aliphatic heterocycles. The van der Waals surface area contributed by atoms with Gasteiger partial charge in [-0.3, -0.25) is 14.8 Å². The minimum atomic E-state index is -0.817. The number of hydrogen-bond donors (Lipinski definition) is 2. The van der Waals surface area contributed by atoms with Gasteiger partial charge in [0, 0.05) is 61.2 Å². The van der Waals surface area contributed by atoms with Gasteiger partial charge in [0.05, 0.1) is 53.5 Å². The summed E-state index contributed by atoms with van der Waals surface area (Å²) in [6.45, 7) is 6.42. The van der Waals surface area contributed by atoms with Crippen molar-refractivity contribution in [1.29, 1.82) is 5.26 Å². The molecule has 7 heterocycles. The van der Waals surface area contributed by atoms with E-state index in [2.05, 4.69) is 25.8 Å². The first-order chi connectivity index (χ1) is 25.1. The Morgan fingerprint density at radius 3 is 2.60 bits per heavy atom. The third-order valence-electron chi connectivity index (χ3n) is 11.6. The number of aliphatic hydroxyl groups is 1. The number of pyridine rings is 1. The monoisotopic (exact) mass is 734 g/mol. The summed E-state index contributed by atoms with van der Waals surface area (Å²) < 4.78 is 59.4. The quantitative estimate of drug-likeness (QED) is 0.232. The van der Waals surface area contributed by atoms with Crippen molar-refractivity contribution in [3.8, 4) is 23.3 Å². The van der Waals surface area contributed by atoms with Gasteiger partial charge in [0.2, 0.25) is 0 Å². The summed E-state index contributed by atoms with van der Waals surface area (Å²) in [6.07, 6.45) is 4.92. The molecule has 1 saturated carbocycles. The van der Waals surface area contributed by atoms with E-state index in [1.807, 2.05) is 0 Å². The highest BCUT2D eigenvalue weighted by molar-refractivity contribution is 7.23. The lowest BCUT2D eigenvalue weighted by Gasteiger charge is -2.42. The average molecular weight is 735 g/mol. The predicted molar refractivity (Wildman–Crippen MR) is 191 cm³/mol.